The fourth-order valence-electron chi connectivity index (χ4n) is 3.97. The van der Waals surface area contributed by atoms with Gasteiger partial charge in [-0.05, 0) is 52.0 Å². The Bertz CT molecular complexity index is 651. The van der Waals surface area contributed by atoms with E-state index in [0.717, 1.165) is 25.8 Å². The second-order valence-electron chi connectivity index (χ2n) is 9.73. The number of carbonyl (C=O) groups excluding carboxylic acids is 2. The molecule has 0 saturated carbocycles. The van der Waals surface area contributed by atoms with Crippen LogP contribution in [0.3, 0.4) is 0 Å². The van der Waals surface area contributed by atoms with E-state index in [1.165, 1.54) is 6.92 Å². The van der Waals surface area contributed by atoms with Crippen LogP contribution in [0, 0.1) is 5.41 Å². The second-order valence-corrected chi connectivity index (χ2v) is 9.73. The van der Waals surface area contributed by atoms with Crippen LogP contribution in [0.15, 0.2) is 11.6 Å². The molecule has 1 aliphatic rings. The summed E-state index contributed by atoms with van der Waals surface area (Å²) in [4.78, 5) is 41.6. The van der Waals surface area contributed by atoms with Gasteiger partial charge in [0.05, 0.1) is 12.1 Å². The van der Waals surface area contributed by atoms with E-state index in [-0.39, 0.29) is 35.5 Å². The summed E-state index contributed by atoms with van der Waals surface area (Å²) < 4.78 is 0. The number of carboxylic acids is 1. The monoisotopic (exact) mass is 423 g/mol. The van der Waals surface area contributed by atoms with E-state index in [2.05, 4.69) is 24.1 Å². The summed E-state index contributed by atoms with van der Waals surface area (Å²) in [6.45, 7) is 14.3. The molecule has 2 N–H and O–H groups in total. The molecule has 0 bridgehead atoms. The molecule has 7 nitrogen and oxygen atoms in total. The van der Waals surface area contributed by atoms with Crippen molar-refractivity contribution in [3.05, 3.63) is 11.6 Å². The highest BCUT2D eigenvalue weighted by molar-refractivity contribution is 5.91. The number of hydrogen-bond acceptors (Lipinski definition) is 4. The SMILES string of the molecule is CC[C@@H](/C=C(\C)C(=O)O)N(C)C(=O)[C@@H](NC(=O)[C@H]1CCCCN1C(C)C)C(C)(C)C. The molecule has 1 rings (SSSR count). The van der Waals surface area contributed by atoms with Gasteiger partial charge in [0.25, 0.3) is 0 Å². The van der Waals surface area contributed by atoms with Gasteiger partial charge in [-0.3, -0.25) is 14.5 Å². The van der Waals surface area contributed by atoms with Crippen molar-refractivity contribution in [2.24, 2.45) is 5.41 Å². The lowest BCUT2D eigenvalue weighted by atomic mass is 9.85. The van der Waals surface area contributed by atoms with Crippen LogP contribution >= 0.6 is 0 Å². The number of piperidine rings is 1. The molecule has 1 fully saturated rings. The minimum atomic E-state index is -0.999. The number of carboxylic acid groups (broad SMARTS) is 1. The number of hydrogen-bond donors (Lipinski definition) is 2. The number of nitrogens with one attached hydrogen (secondary N) is 1. The molecule has 0 aliphatic carbocycles. The fourth-order valence-corrected chi connectivity index (χ4v) is 3.97. The summed E-state index contributed by atoms with van der Waals surface area (Å²) in [6, 6.07) is -1.00. The van der Waals surface area contributed by atoms with Crippen LogP contribution in [0.2, 0.25) is 0 Å². The van der Waals surface area contributed by atoms with Crippen molar-refractivity contribution < 1.29 is 19.5 Å². The quantitative estimate of drug-likeness (QED) is 0.586. The smallest absolute Gasteiger partial charge is 0.331 e. The summed E-state index contributed by atoms with van der Waals surface area (Å²) in [6.07, 6.45) is 5.07. The third-order valence-electron chi connectivity index (χ3n) is 5.95. The Balaban J connectivity index is 3.08. The lowest BCUT2D eigenvalue weighted by Crippen LogP contribution is -2.60. The van der Waals surface area contributed by atoms with Gasteiger partial charge in [0.2, 0.25) is 11.8 Å². The fraction of sp³-hybridized carbons (Fsp3) is 0.783. The highest BCUT2D eigenvalue weighted by Gasteiger charge is 2.39. The van der Waals surface area contributed by atoms with Crippen molar-refractivity contribution in [2.45, 2.75) is 98.3 Å². The normalized spacial score (nSPS) is 20.6. The number of aliphatic carboxylic acids is 1. The van der Waals surface area contributed by atoms with Crippen LogP contribution in [-0.4, -0.2) is 70.4 Å². The highest BCUT2D eigenvalue weighted by atomic mass is 16.4. The molecular formula is C23H41N3O4. The van der Waals surface area contributed by atoms with Crippen molar-refractivity contribution >= 4 is 17.8 Å². The zero-order valence-electron chi connectivity index (χ0n) is 20.0. The maximum atomic E-state index is 13.4. The van der Waals surface area contributed by atoms with Crippen LogP contribution in [0.25, 0.3) is 0 Å². The maximum absolute atomic E-state index is 13.4. The predicted octanol–water partition coefficient (Wildman–Crippen LogP) is 3.05. The molecular weight excluding hydrogens is 382 g/mol. The van der Waals surface area contributed by atoms with Crippen molar-refractivity contribution in [1.29, 1.82) is 0 Å². The molecule has 1 heterocycles. The van der Waals surface area contributed by atoms with Gasteiger partial charge in [-0.15, -0.1) is 0 Å². The van der Waals surface area contributed by atoms with Gasteiger partial charge in [-0.25, -0.2) is 4.79 Å². The summed E-state index contributed by atoms with van der Waals surface area (Å²) in [5.74, 6) is -1.31. The van der Waals surface area contributed by atoms with Crippen molar-refractivity contribution in [1.82, 2.24) is 15.1 Å². The Kier molecular flexibility index (Phi) is 9.53. The molecule has 172 valence electrons. The van der Waals surface area contributed by atoms with Crippen molar-refractivity contribution in [2.75, 3.05) is 13.6 Å². The number of likely N-dealkylation sites (tertiary alicyclic amines) is 1. The van der Waals surface area contributed by atoms with E-state index in [1.807, 2.05) is 27.7 Å². The van der Waals surface area contributed by atoms with Gasteiger partial charge in [0.1, 0.15) is 6.04 Å². The van der Waals surface area contributed by atoms with Crippen molar-refractivity contribution in [3.8, 4) is 0 Å². The van der Waals surface area contributed by atoms with E-state index in [0.29, 0.717) is 6.42 Å². The average Bonchev–Trinajstić information content (AvgIpc) is 2.67. The number of nitrogens with zero attached hydrogens (tertiary/aromatic N) is 2. The molecule has 0 spiro atoms. The number of amides is 2. The largest absolute Gasteiger partial charge is 0.478 e. The molecule has 0 aromatic carbocycles. The van der Waals surface area contributed by atoms with E-state index in [9.17, 15) is 19.5 Å². The number of rotatable bonds is 8. The van der Waals surface area contributed by atoms with Crippen LogP contribution in [-0.2, 0) is 14.4 Å². The zero-order chi connectivity index (χ0) is 23.2. The number of carbonyl (C=O) groups is 3. The lowest BCUT2D eigenvalue weighted by Gasteiger charge is -2.40. The first-order valence-corrected chi connectivity index (χ1v) is 11.1. The summed E-state index contributed by atoms with van der Waals surface area (Å²) in [5.41, 5.74) is -0.282. The maximum Gasteiger partial charge on any atom is 0.331 e. The number of likely N-dealkylation sites (N-methyl/N-ethyl adjacent to an activating group) is 1. The standard InChI is InChI=1S/C23H41N3O4/c1-9-17(14-16(4)22(29)30)25(8)21(28)19(23(5,6)7)24-20(27)18-12-10-11-13-26(18)15(2)3/h14-15,17-19H,9-13H2,1-8H3,(H,24,27)(H,29,30)/b16-14+/t17-,18+,19+/m0/s1. The van der Waals surface area contributed by atoms with Gasteiger partial charge < -0.3 is 15.3 Å². The summed E-state index contributed by atoms with van der Waals surface area (Å²) in [5, 5.41) is 12.2. The zero-order valence-corrected chi connectivity index (χ0v) is 20.0. The molecule has 1 aliphatic heterocycles. The van der Waals surface area contributed by atoms with E-state index < -0.39 is 17.4 Å². The highest BCUT2D eigenvalue weighted by Crippen LogP contribution is 2.25. The molecule has 3 atom stereocenters. The van der Waals surface area contributed by atoms with Crippen LogP contribution in [0.5, 0.6) is 0 Å². The minimum absolute atomic E-state index is 0.101. The lowest BCUT2D eigenvalue weighted by molar-refractivity contribution is -0.141. The Hall–Kier alpha value is -1.89. The molecule has 0 radical (unpaired) electrons. The predicted molar refractivity (Wildman–Crippen MR) is 119 cm³/mol. The first-order valence-electron chi connectivity index (χ1n) is 11.1. The molecule has 7 heteroatoms. The van der Waals surface area contributed by atoms with Gasteiger partial charge in [0.15, 0.2) is 0 Å². The van der Waals surface area contributed by atoms with E-state index in [4.69, 9.17) is 0 Å². The van der Waals surface area contributed by atoms with Gasteiger partial charge in [-0.2, -0.15) is 0 Å². The molecule has 0 aromatic heterocycles. The Morgan fingerprint density at radius 1 is 1.23 bits per heavy atom. The van der Waals surface area contributed by atoms with Crippen LogP contribution in [0.1, 0.15) is 74.1 Å². The molecule has 0 unspecified atom stereocenters. The average molecular weight is 424 g/mol. The Morgan fingerprint density at radius 2 is 1.83 bits per heavy atom. The van der Waals surface area contributed by atoms with Gasteiger partial charge in [-0.1, -0.05) is 40.2 Å². The summed E-state index contributed by atoms with van der Waals surface area (Å²) >= 11 is 0. The van der Waals surface area contributed by atoms with E-state index >= 15 is 0 Å². The van der Waals surface area contributed by atoms with Crippen LogP contribution < -0.4 is 5.32 Å². The van der Waals surface area contributed by atoms with Gasteiger partial charge >= 0.3 is 5.97 Å². The van der Waals surface area contributed by atoms with Crippen LogP contribution in [0.4, 0.5) is 0 Å². The van der Waals surface area contributed by atoms with Crippen molar-refractivity contribution in [3.63, 3.8) is 0 Å². The molecule has 0 aromatic rings. The Morgan fingerprint density at radius 3 is 2.30 bits per heavy atom. The molecule has 30 heavy (non-hydrogen) atoms. The molecule has 1 saturated heterocycles. The Labute approximate surface area is 181 Å². The topological polar surface area (TPSA) is 90.0 Å². The first-order chi connectivity index (χ1) is 13.8. The van der Waals surface area contributed by atoms with E-state index in [1.54, 1.807) is 18.0 Å². The third kappa shape index (κ3) is 6.83. The minimum Gasteiger partial charge on any atom is -0.478 e. The first kappa shape index (κ1) is 26.1. The summed E-state index contributed by atoms with van der Waals surface area (Å²) in [7, 11) is 1.67. The third-order valence-corrected chi connectivity index (χ3v) is 5.95. The van der Waals surface area contributed by atoms with Gasteiger partial charge in [0, 0.05) is 18.7 Å². The second kappa shape index (κ2) is 10.9. The molecule has 2 amide bonds.